The maximum atomic E-state index is 13.2. The minimum absolute atomic E-state index is 0.00670. The van der Waals surface area contributed by atoms with Crippen LogP contribution in [0.25, 0.3) is 0 Å². The zero-order chi connectivity index (χ0) is 21.7. The Kier molecular flexibility index (Phi) is 6.99. The molecule has 30 heavy (non-hydrogen) atoms. The standard InChI is InChI=1S/C22H25F2N3O3/c1-15(30-18-7-8-19(23)20(24)13-18)21(28)25-14-16-3-5-17(6-4-16)22(29)27-11-9-26(2)10-12-27/h3-8,13,15H,9-12,14H2,1-2H3,(H,25,28). The summed E-state index contributed by atoms with van der Waals surface area (Å²) >= 11 is 0. The molecule has 0 spiro atoms. The highest BCUT2D eigenvalue weighted by molar-refractivity contribution is 5.94. The molecule has 2 aromatic rings. The summed E-state index contributed by atoms with van der Waals surface area (Å²) in [5.41, 5.74) is 1.45. The Balaban J connectivity index is 1.49. The van der Waals surface area contributed by atoms with Gasteiger partial charge in [-0.15, -0.1) is 0 Å². The van der Waals surface area contributed by atoms with Crippen LogP contribution in [0.2, 0.25) is 0 Å². The van der Waals surface area contributed by atoms with Crippen LogP contribution in [0, 0.1) is 11.6 Å². The molecule has 0 aliphatic carbocycles. The fraction of sp³-hybridized carbons (Fsp3) is 0.364. The summed E-state index contributed by atoms with van der Waals surface area (Å²) in [6, 6.07) is 10.2. The number of carbonyl (C=O) groups excluding carboxylic acids is 2. The summed E-state index contributed by atoms with van der Waals surface area (Å²) in [4.78, 5) is 28.8. The van der Waals surface area contributed by atoms with E-state index >= 15 is 0 Å². The minimum atomic E-state index is -1.04. The van der Waals surface area contributed by atoms with Gasteiger partial charge in [-0.05, 0) is 43.8 Å². The molecule has 1 aliphatic rings. The van der Waals surface area contributed by atoms with E-state index in [2.05, 4.69) is 10.2 Å². The van der Waals surface area contributed by atoms with Gasteiger partial charge in [0.2, 0.25) is 0 Å². The highest BCUT2D eigenvalue weighted by Crippen LogP contribution is 2.17. The van der Waals surface area contributed by atoms with Crippen LogP contribution in [0.15, 0.2) is 42.5 Å². The van der Waals surface area contributed by atoms with E-state index in [-0.39, 0.29) is 18.2 Å². The number of hydrogen-bond acceptors (Lipinski definition) is 4. The van der Waals surface area contributed by atoms with Gasteiger partial charge in [0.25, 0.3) is 11.8 Å². The minimum Gasteiger partial charge on any atom is -0.481 e. The number of piperazine rings is 1. The molecular formula is C22H25F2N3O3. The van der Waals surface area contributed by atoms with Crippen molar-refractivity contribution in [1.82, 2.24) is 15.1 Å². The number of ether oxygens (including phenoxy) is 1. The van der Waals surface area contributed by atoms with Crippen LogP contribution < -0.4 is 10.1 Å². The van der Waals surface area contributed by atoms with Crippen molar-refractivity contribution in [2.24, 2.45) is 0 Å². The first kappa shape index (κ1) is 21.7. The Morgan fingerprint density at radius 3 is 2.33 bits per heavy atom. The number of likely N-dealkylation sites (N-methyl/N-ethyl adjacent to an activating group) is 1. The zero-order valence-corrected chi connectivity index (χ0v) is 17.0. The van der Waals surface area contributed by atoms with E-state index in [4.69, 9.17) is 4.74 Å². The lowest BCUT2D eigenvalue weighted by Gasteiger charge is -2.32. The normalized spacial score (nSPS) is 15.5. The van der Waals surface area contributed by atoms with Crippen molar-refractivity contribution < 1.29 is 23.1 Å². The fourth-order valence-electron chi connectivity index (χ4n) is 3.10. The molecule has 0 radical (unpaired) electrons. The molecule has 2 amide bonds. The van der Waals surface area contributed by atoms with Gasteiger partial charge < -0.3 is 19.9 Å². The Hall–Kier alpha value is -3.00. The van der Waals surface area contributed by atoms with Crippen molar-refractivity contribution in [3.63, 3.8) is 0 Å². The lowest BCUT2D eigenvalue weighted by molar-refractivity contribution is -0.127. The Morgan fingerprint density at radius 2 is 1.70 bits per heavy atom. The molecule has 3 rings (SSSR count). The first-order chi connectivity index (χ1) is 14.3. The van der Waals surface area contributed by atoms with Crippen LogP contribution >= 0.6 is 0 Å². The van der Waals surface area contributed by atoms with Crippen molar-refractivity contribution in [3.8, 4) is 5.75 Å². The number of hydrogen-bond donors (Lipinski definition) is 1. The predicted octanol–water partition coefficient (Wildman–Crippen LogP) is 2.44. The summed E-state index contributed by atoms with van der Waals surface area (Å²) in [6.07, 6.45) is -0.882. The number of halogens is 2. The number of benzene rings is 2. The summed E-state index contributed by atoms with van der Waals surface area (Å²) < 4.78 is 31.6. The van der Waals surface area contributed by atoms with Crippen LogP contribution in [0.1, 0.15) is 22.8 Å². The third kappa shape index (κ3) is 5.54. The van der Waals surface area contributed by atoms with Gasteiger partial charge in [0.1, 0.15) is 5.75 Å². The van der Waals surface area contributed by atoms with E-state index in [0.29, 0.717) is 18.7 Å². The molecule has 0 bridgehead atoms. The predicted molar refractivity (Wildman–Crippen MR) is 108 cm³/mol. The van der Waals surface area contributed by atoms with Gasteiger partial charge >= 0.3 is 0 Å². The number of nitrogens with zero attached hydrogens (tertiary/aromatic N) is 2. The van der Waals surface area contributed by atoms with E-state index in [1.807, 2.05) is 11.9 Å². The van der Waals surface area contributed by atoms with Crippen LogP contribution in [-0.4, -0.2) is 60.9 Å². The molecule has 1 atom stereocenters. The van der Waals surface area contributed by atoms with Gasteiger partial charge in [-0.1, -0.05) is 12.1 Å². The molecule has 6 nitrogen and oxygen atoms in total. The number of rotatable bonds is 6. The lowest BCUT2D eigenvalue weighted by Crippen LogP contribution is -2.47. The summed E-state index contributed by atoms with van der Waals surface area (Å²) in [5, 5.41) is 2.73. The van der Waals surface area contributed by atoms with Crippen molar-refractivity contribution in [2.45, 2.75) is 19.6 Å². The summed E-state index contributed by atoms with van der Waals surface area (Å²) in [6.45, 7) is 4.93. The molecule has 0 saturated carbocycles. The molecule has 8 heteroatoms. The summed E-state index contributed by atoms with van der Waals surface area (Å²) in [7, 11) is 2.04. The first-order valence-electron chi connectivity index (χ1n) is 9.79. The third-order valence-corrected chi connectivity index (χ3v) is 5.03. The fourth-order valence-corrected chi connectivity index (χ4v) is 3.10. The quantitative estimate of drug-likeness (QED) is 0.784. The molecule has 1 fully saturated rings. The molecule has 0 aromatic heterocycles. The average molecular weight is 417 g/mol. The molecule has 2 aromatic carbocycles. The van der Waals surface area contributed by atoms with E-state index in [1.165, 1.54) is 13.0 Å². The maximum Gasteiger partial charge on any atom is 0.261 e. The second kappa shape index (κ2) is 9.67. The third-order valence-electron chi connectivity index (χ3n) is 5.03. The van der Waals surface area contributed by atoms with Gasteiger partial charge in [-0.25, -0.2) is 8.78 Å². The van der Waals surface area contributed by atoms with E-state index in [1.54, 1.807) is 24.3 Å². The largest absolute Gasteiger partial charge is 0.481 e. The lowest BCUT2D eigenvalue weighted by atomic mass is 10.1. The highest BCUT2D eigenvalue weighted by Gasteiger charge is 2.20. The molecule has 1 N–H and O–H groups in total. The van der Waals surface area contributed by atoms with Crippen molar-refractivity contribution in [1.29, 1.82) is 0 Å². The van der Waals surface area contributed by atoms with Gasteiger partial charge in [-0.2, -0.15) is 0 Å². The first-order valence-corrected chi connectivity index (χ1v) is 9.79. The van der Waals surface area contributed by atoms with Crippen LogP contribution in [0.5, 0.6) is 5.75 Å². The van der Waals surface area contributed by atoms with E-state index < -0.39 is 23.6 Å². The van der Waals surface area contributed by atoms with Crippen molar-refractivity contribution in [3.05, 3.63) is 65.2 Å². The van der Waals surface area contributed by atoms with Crippen molar-refractivity contribution >= 4 is 11.8 Å². The molecular weight excluding hydrogens is 392 g/mol. The van der Waals surface area contributed by atoms with E-state index in [9.17, 15) is 18.4 Å². The smallest absolute Gasteiger partial charge is 0.261 e. The van der Waals surface area contributed by atoms with Crippen LogP contribution in [0.3, 0.4) is 0 Å². The zero-order valence-electron chi connectivity index (χ0n) is 17.0. The SMILES string of the molecule is CC(Oc1ccc(F)c(F)c1)C(=O)NCc1ccc(C(=O)N2CCN(C)CC2)cc1. The molecule has 160 valence electrons. The van der Waals surface area contributed by atoms with E-state index in [0.717, 1.165) is 30.8 Å². The van der Waals surface area contributed by atoms with Gasteiger partial charge in [0.05, 0.1) is 0 Å². The molecule has 1 heterocycles. The molecule has 1 aliphatic heterocycles. The second-order valence-electron chi connectivity index (χ2n) is 7.35. The molecule has 1 saturated heterocycles. The molecule has 1 unspecified atom stereocenters. The maximum absolute atomic E-state index is 13.2. The number of amides is 2. The van der Waals surface area contributed by atoms with Gasteiger partial charge in [-0.3, -0.25) is 9.59 Å². The number of carbonyl (C=O) groups is 2. The Bertz CT molecular complexity index is 897. The average Bonchev–Trinajstić information content (AvgIpc) is 2.75. The highest BCUT2D eigenvalue weighted by atomic mass is 19.2. The van der Waals surface area contributed by atoms with Gasteiger partial charge in [0, 0.05) is 44.4 Å². The van der Waals surface area contributed by atoms with Gasteiger partial charge in [0.15, 0.2) is 17.7 Å². The summed E-state index contributed by atoms with van der Waals surface area (Å²) in [5.74, 6) is -2.33. The van der Waals surface area contributed by atoms with Crippen LogP contribution in [-0.2, 0) is 11.3 Å². The Labute approximate surface area is 174 Å². The number of nitrogens with one attached hydrogen (secondary N) is 1. The Morgan fingerprint density at radius 1 is 1.03 bits per heavy atom. The second-order valence-corrected chi connectivity index (χ2v) is 7.35. The van der Waals surface area contributed by atoms with Crippen LogP contribution in [0.4, 0.5) is 8.78 Å². The van der Waals surface area contributed by atoms with Crippen molar-refractivity contribution in [2.75, 3.05) is 33.2 Å². The topological polar surface area (TPSA) is 61.9 Å². The monoisotopic (exact) mass is 417 g/mol.